The Bertz CT molecular complexity index is 1700. The molecule has 0 bridgehead atoms. The number of methoxy groups -OCH3 is 2. The fourth-order valence-corrected chi connectivity index (χ4v) is 4.96. The highest BCUT2D eigenvalue weighted by molar-refractivity contribution is 6.15. The van der Waals surface area contributed by atoms with Crippen molar-refractivity contribution in [2.45, 2.75) is 12.3 Å². The van der Waals surface area contributed by atoms with Crippen LogP contribution in [0.1, 0.15) is 39.4 Å². The van der Waals surface area contributed by atoms with Gasteiger partial charge in [-0.2, -0.15) is 0 Å². The van der Waals surface area contributed by atoms with Crippen LogP contribution in [0.25, 0.3) is 17.0 Å². The largest absolute Gasteiger partial charge is 0.493 e. The van der Waals surface area contributed by atoms with Crippen LogP contribution in [0.4, 0.5) is 0 Å². The summed E-state index contributed by atoms with van der Waals surface area (Å²) in [7, 11) is 3.05. The Kier molecular flexibility index (Phi) is 5.30. The van der Waals surface area contributed by atoms with Crippen molar-refractivity contribution in [3.8, 4) is 23.0 Å². The Morgan fingerprint density at radius 3 is 2.59 bits per heavy atom. The highest BCUT2D eigenvalue weighted by Gasteiger charge is 2.39. The lowest BCUT2D eigenvalue weighted by atomic mass is 9.85. The molecule has 0 fully saturated rings. The van der Waals surface area contributed by atoms with Gasteiger partial charge in [-0.25, -0.2) is 0 Å². The number of allylic oxidation sites excluding steroid dienone is 1. The predicted molar refractivity (Wildman–Crippen MR) is 136 cm³/mol. The number of fused-ring (bicyclic) bond motifs is 4. The first-order valence-electron chi connectivity index (χ1n) is 11.6. The number of aromatic nitrogens is 1. The number of pyridine rings is 1. The van der Waals surface area contributed by atoms with Gasteiger partial charge in [-0.05, 0) is 41.8 Å². The first-order valence-corrected chi connectivity index (χ1v) is 11.6. The number of ketones is 1. The fourth-order valence-electron chi connectivity index (χ4n) is 4.96. The van der Waals surface area contributed by atoms with Gasteiger partial charge in [-0.15, -0.1) is 0 Å². The van der Waals surface area contributed by atoms with Crippen LogP contribution in [0.5, 0.6) is 23.0 Å². The number of H-pyrrole nitrogens is 1. The molecule has 2 aliphatic heterocycles. The molecule has 6 rings (SSSR count). The number of hydrogen-bond acceptors (Lipinski definition) is 7. The zero-order valence-corrected chi connectivity index (χ0v) is 20.0. The molecular weight excluding hydrogens is 474 g/mol. The van der Waals surface area contributed by atoms with Gasteiger partial charge in [0.2, 0.25) is 5.78 Å². The molecule has 184 valence electrons. The van der Waals surface area contributed by atoms with E-state index in [0.29, 0.717) is 39.3 Å². The third kappa shape index (κ3) is 3.65. The van der Waals surface area contributed by atoms with E-state index in [0.717, 1.165) is 5.39 Å². The summed E-state index contributed by atoms with van der Waals surface area (Å²) in [5.41, 5.74) is 2.19. The van der Waals surface area contributed by atoms with Gasteiger partial charge in [-0.1, -0.05) is 30.3 Å². The smallest absolute Gasteiger partial charge is 0.312 e. The molecule has 3 heterocycles. The number of aromatic amines is 1. The molecule has 0 amide bonds. The molecule has 1 aromatic heterocycles. The van der Waals surface area contributed by atoms with E-state index in [1.54, 1.807) is 42.5 Å². The number of hydrogen-bond donors (Lipinski definition) is 1. The van der Waals surface area contributed by atoms with Crippen molar-refractivity contribution < 1.29 is 28.5 Å². The predicted octanol–water partition coefficient (Wildman–Crippen LogP) is 4.60. The van der Waals surface area contributed by atoms with Crippen molar-refractivity contribution in [1.82, 2.24) is 4.98 Å². The maximum atomic E-state index is 13.3. The van der Waals surface area contributed by atoms with Crippen LogP contribution in [0.15, 0.2) is 71.2 Å². The second-order valence-corrected chi connectivity index (χ2v) is 8.75. The molecule has 8 heteroatoms. The molecule has 0 saturated heterocycles. The number of carbonyl (C=O) groups is 2. The second-order valence-electron chi connectivity index (χ2n) is 8.75. The van der Waals surface area contributed by atoms with E-state index >= 15 is 0 Å². The third-order valence-corrected chi connectivity index (χ3v) is 6.66. The average Bonchev–Trinajstić information content (AvgIpc) is 3.22. The lowest BCUT2D eigenvalue weighted by Crippen LogP contribution is -2.26. The van der Waals surface area contributed by atoms with Gasteiger partial charge >= 0.3 is 5.97 Å². The van der Waals surface area contributed by atoms with Crippen molar-refractivity contribution >= 4 is 28.7 Å². The Morgan fingerprint density at radius 2 is 1.78 bits per heavy atom. The van der Waals surface area contributed by atoms with Crippen molar-refractivity contribution in [2.24, 2.45) is 0 Å². The van der Waals surface area contributed by atoms with Gasteiger partial charge in [0.25, 0.3) is 5.56 Å². The van der Waals surface area contributed by atoms with Crippen LogP contribution < -0.4 is 24.5 Å². The van der Waals surface area contributed by atoms with Crippen molar-refractivity contribution in [2.75, 3.05) is 14.2 Å². The zero-order chi connectivity index (χ0) is 25.7. The SMILES string of the molecule is COc1cccc(/C=C2\Oc3c(ccc4c3C(c3cc5ccccc5[nH]c3=O)CC(=O)O4)C2=O)c1OC. The second kappa shape index (κ2) is 8.67. The highest BCUT2D eigenvalue weighted by atomic mass is 16.5. The summed E-state index contributed by atoms with van der Waals surface area (Å²) in [5, 5.41) is 0.827. The number of para-hydroxylation sites is 2. The summed E-state index contributed by atoms with van der Waals surface area (Å²) in [6, 6.07) is 17.6. The Hall–Kier alpha value is -4.85. The third-order valence-electron chi connectivity index (χ3n) is 6.66. The molecule has 1 unspecified atom stereocenters. The average molecular weight is 495 g/mol. The number of Topliss-reactive ketones (excluding diaryl/α,β-unsaturated/α-hetero) is 1. The minimum atomic E-state index is -0.655. The molecule has 1 atom stereocenters. The van der Waals surface area contributed by atoms with Gasteiger partial charge in [-0.3, -0.25) is 14.4 Å². The van der Waals surface area contributed by atoms with Gasteiger partial charge in [0.15, 0.2) is 17.3 Å². The molecule has 0 saturated carbocycles. The minimum absolute atomic E-state index is 0.0643. The molecule has 4 aromatic rings. The van der Waals surface area contributed by atoms with E-state index < -0.39 is 11.9 Å². The van der Waals surface area contributed by atoms with Crippen LogP contribution in [0.3, 0.4) is 0 Å². The molecular formula is C29H21NO7. The number of ether oxygens (including phenoxy) is 4. The normalized spacial score (nSPS) is 17.2. The van der Waals surface area contributed by atoms with Crippen molar-refractivity contribution in [3.05, 3.63) is 99.0 Å². The zero-order valence-electron chi connectivity index (χ0n) is 20.0. The van der Waals surface area contributed by atoms with Crippen LogP contribution in [-0.2, 0) is 4.79 Å². The standard InChI is InChI=1S/C29H21NO7/c1-34-22-9-5-7-16(27(22)35-2)13-23-26(32)17-10-11-21-25(28(17)37-23)18(14-24(31)36-21)19-12-15-6-3-4-8-20(15)30-29(19)33/h3-13,18H,14H2,1-2H3,(H,30,33)/b23-13-. The summed E-state index contributed by atoms with van der Waals surface area (Å²) in [5.74, 6) is 0.148. The Labute approximate surface area is 211 Å². The van der Waals surface area contributed by atoms with Crippen LogP contribution >= 0.6 is 0 Å². The summed E-state index contributed by atoms with van der Waals surface area (Å²) in [6.07, 6.45) is 1.52. The summed E-state index contributed by atoms with van der Waals surface area (Å²) >= 11 is 0. The van der Waals surface area contributed by atoms with Crippen LogP contribution in [-0.4, -0.2) is 31.0 Å². The van der Waals surface area contributed by atoms with E-state index in [9.17, 15) is 14.4 Å². The summed E-state index contributed by atoms with van der Waals surface area (Å²) < 4.78 is 22.5. The van der Waals surface area contributed by atoms with E-state index in [1.165, 1.54) is 14.2 Å². The number of nitrogens with one attached hydrogen (secondary N) is 1. The van der Waals surface area contributed by atoms with Gasteiger partial charge in [0, 0.05) is 28.1 Å². The first kappa shape index (κ1) is 22.6. The van der Waals surface area contributed by atoms with Crippen LogP contribution in [0, 0.1) is 0 Å². The molecule has 3 aromatic carbocycles. The van der Waals surface area contributed by atoms with E-state index in [2.05, 4.69) is 4.98 Å². The minimum Gasteiger partial charge on any atom is -0.493 e. The molecule has 0 radical (unpaired) electrons. The Balaban J connectivity index is 1.49. The maximum absolute atomic E-state index is 13.3. The molecule has 2 aliphatic rings. The topological polar surface area (TPSA) is 104 Å². The number of esters is 1. The van der Waals surface area contributed by atoms with E-state index in [4.69, 9.17) is 18.9 Å². The van der Waals surface area contributed by atoms with E-state index in [-0.39, 0.29) is 35.0 Å². The first-order chi connectivity index (χ1) is 18.0. The maximum Gasteiger partial charge on any atom is 0.312 e. The quantitative estimate of drug-likeness (QED) is 0.251. The van der Waals surface area contributed by atoms with Crippen molar-refractivity contribution in [3.63, 3.8) is 0 Å². The molecule has 1 N–H and O–H groups in total. The van der Waals surface area contributed by atoms with Crippen molar-refractivity contribution in [1.29, 1.82) is 0 Å². The highest BCUT2D eigenvalue weighted by Crippen LogP contribution is 2.49. The van der Waals surface area contributed by atoms with Gasteiger partial charge in [0.1, 0.15) is 11.5 Å². The summed E-state index contributed by atoms with van der Waals surface area (Å²) in [4.78, 5) is 41.8. The lowest BCUT2D eigenvalue weighted by molar-refractivity contribution is -0.135. The van der Waals surface area contributed by atoms with E-state index in [1.807, 2.05) is 24.3 Å². The molecule has 8 nitrogen and oxygen atoms in total. The molecule has 37 heavy (non-hydrogen) atoms. The van der Waals surface area contributed by atoms with Crippen LogP contribution in [0.2, 0.25) is 0 Å². The molecule has 0 spiro atoms. The number of benzene rings is 3. The van der Waals surface area contributed by atoms with Gasteiger partial charge < -0.3 is 23.9 Å². The number of rotatable bonds is 4. The fraction of sp³-hybridized carbons (Fsp3) is 0.138. The Morgan fingerprint density at radius 1 is 0.946 bits per heavy atom. The lowest BCUT2D eigenvalue weighted by Gasteiger charge is -2.26. The van der Waals surface area contributed by atoms with Gasteiger partial charge in [0.05, 0.1) is 26.2 Å². The monoisotopic (exact) mass is 495 g/mol. The molecule has 0 aliphatic carbocycles. The summed E-state index contributed by atoms with van der Waals surface area (Å²) in [6.45, 7) is 0. The number of carbonyl (C=O) groups excluding carboxylic acids is 2.